The second kappa shape index (κ2) is 4.72. The maximum Gasteiger partial charge on any atom is 0.308 e. The first-order chi connectivity index (χ1) is 9.65. The average molecular weight is 273 g/mol. The van der Waals surface area contributed by atoms with Crippen LogP contribution in [0.5, 0.6) is 0 Å². The number of anilines is 1. The predicted molar refractivity (Wildman–Crippen MR) is 67.2 cm³/mol. The van der Waals surface area contributed by atoms with Gasteiger partial charge in [0.15, 0.2) is 0 Å². The maximum absolute atomic E-state index is 11.8. The van der Waals surface area contributed by atoms with E-state index in [1.54, 1.807) is 24.3 Å². The lowest BCUT2D eigenvalue weighted by atomic mass is 10.1. The molecule has 1 atom stereocenters. The lowest BCUT2D eigenvalue weighted by Gasteiger charge is -2.16. The van der Waals surface area contributed by atoms with Gasteiger partial charge in [0, 0.05) is 18.7 Å². The fourth-order valence-electron chi connectivity index (χ4n) is 2.19. The largest absolute Gasteiger partial charge is 0.481 e. The fraction of sp³-hybridized carbons (Fsp3) is 0.250. The van der Waals surface area contributed by atoms with E-state index in [-0.39, 0.29) is 18.9 Å². The predicted octanol–water partition coefficient (Wildman–Crippen LogP) is 0.0998. The van der Waals surface area contributed by atoms with Crippen molar-refractivity contribution in [3.8, 4) is 5.69 Å². The van der Waals surface area contributed by atoms with Crippen molar-refractivity contribution in [3.63, 3.8) is 0 Å². The van der Waals surface area contributed by atoms with Gasteiger partial charge in [-0.25, -0.2) is 4.68 Å². The van der Waals surface area contributed by atoms with E-state index in [1.165, 1.54) is 15.9 Å². The number of aliphatic carboxylic acids is 1. The van der Waals surface area contributed by atoms with Crippen molar-refractivity contribution >= 4 is 17.6 Å². The van der Waals surface area contributed by atoms with Crippen molar-refractivity contribution < 1.29 is 14.7 Å². The van der Waals surface area contributed by atoms with Crippen LogP contribution < -0.4 is 4.90 Å². The van der Waals surface area contributed by atoms with Crippen LogP contribution in [-0.4, -0.2) is 43.7 Å². The summed E-state index contributed by atoms with van der Waals surface area (Å²) in [6, 6.07) is 7.04. The Morgan fingerprint density at radius 3 is 2.50 bits per heavy atom. The van der Waals surface area contributed by atoms with E-state index in [2.05, 4.69) is 15.5 Å². The number of carboxylic acid groups (broad SMARTS) is 1. The van der Waals surface area contributed by atoms with E-state index in [0.717, 1.165) is 5.69 Å². The Hall–Kier alpha value is -2.77. The van der Waals surface area contributed by atoms with E-state index in [0.29, 0.717) is 5.69 Å². The maximum atomic E-state index is 11.8. The smallest absolute Gasteiger partial charge is 0.308 e. The highest BCUT2D eigenvalue weighted by Crippen LogP contribution is 2.25. The molecule has 2 aromatic rings. The molecular weight excluding hydrogens is 262 g/mol. The molecule has 1 N–H and O–H groups in total. The Bertz CT molecular complexity index is 638. The molecule has 1 amide bonds. The number of carbonyl (C=O) groups excluding carboxylic acids is 1. The van der Waals surface area contributed by atoms with Crippen LogP contribution in [0.1, 0.15) is 6.42 Å². The molecule has 1 aliphatic rings. The van der Waals surface area contributed by atoms with E-state index in [1.807, 2.05) is 0 Å². The highest BCUT2D eigenvalue weighted by atomic mass is 16.4. The Morgan fingerprint density at radius 2 is 1.95 bits per heavy atom. The van der Waals surface area contributed by atoms with Gasteiger partial charge < -0.3 is 10.0 Å². The summed E-state index contributed by atoms with van der Waals surface area (Å²) in [4.78, 5) is 24.2. The van der Waals surface area contributed by atoms with Crippen LogP contribution in [-0.2, 0) is 9.59 Å². The molecule has 1 fully saturated rings. The minimum atomic E-state index is -0.939. The highest BCUT2D eigenvalue weighted by molar-refractivity contribution is 5.99. The number of benzene rings is 1. The summed E-state index contributed by atoms with van der Waals surface area (Å²) in [6.45, 7) is 0.207. The van der Waals surface area contributed by atoms with Crippen LogP contribution in [0.4, 0.5) is 5.69 Å². The Balaban J connectivity index is 1.82. The van der Waals surface area contributed by atoms with Gasteiger partial charge in [-0.1, -0.05) is 0 Å². The van der Waals surface area contributed by atoms with Crippen molar-refractivity contribution in [2.45, 2.75) is 6.42 Å². The standard InChI is InChI=1S/C12H11N5O3/c18-11-5-8(12(19)20)6-16(11)9-1-3-10(4-2-9)17-7-13-14-15-17/h1-4,7-8H,5-6H2,(H,19,20). The van der Waals surface area contributed by atoms with Gasteiger partial charge in [0.05, 0.1) is 11.6 Å². The summed E-state index contributed by atoms with van der Waals surface area (Å²) in [5, 5.41) is 19.8. The molecule has 0 radical (unpaired) electrons. The molecule has 1 aromatic heterocycles. The fourth-order valence-corrected chi connectivity index (χ4v) is 2.19. The zero-order valence-electron chi connectivity index (χ0n) is 10.4. The molecule has 2 heterocycles. The molecular formula is C12H11N5O3. The van der Waals surface area contributed by atoms with E-state index >= 15 is 0 Å². The van der Waals surface area contributed by atoms with Gasteiger partial charge in [0.1, 0.15) is 6.33 Å². The first kappa shape index (κ1) is 12.3. The van der Waals surface area contributed by atoms with Crippen LogP contribution in [0.25, 0.3) is 5.69 Å². The topological polar surface area (TPSA) is 101 Å². The van der Waals surface area contributed by atoms with Gasteiger partial charge in [-0.15, -0.1) is 5.10 Å². The molecule has 1 aromatic carbocycles. The van der Waals surface area contributed by atoms with Crippen molar-refractivity contribution in [1.82, 2.24) is 20.2 Å². The number of carbonyl (C=O) groups is 2. The third-order valence-corrected chi connectivity index (χ3v) is 3.25. The van der Waals surface area contributed by atoms with E-state index in [9.17, 15) is 9.59 Å². The van der Waals surface area contributed by atoms with Crippen LogP contribution >= 0.6 is 0 Å². The summed E-state index contributed by atoms with van der Waals surface area (Å²) in [7, 11) is 0. The van der Waals surface area contributed by atoms with Crippen LogP contribution in [0.15, 0.2) is 30.6 Å². The second-order valence-electron chi connectivity index (χ2n) is 4.51. The summed E-state index contributed by atoms with van der Waals surface area (Å²) >= 11 is 0. The third kappa shape index (κ3) is 2.11. The Morgan fingerprint density at radius 1 is 1.25 bits per heavy atom. The number of hydrogen-bond acceptors (Lipinski definition) is 5. The number of hydrogen-bond donors (Lipinski definition) is 1. The van der Waals surface area contributed by atoms with E-state index < -0.39 is 11.9 Å². The lowest BCUT2D eigenvalue weighted by Crippen LogP contribution is -2.25. The molecule has 1 saturated heterocycles. The summed E-state index contributed by atoms with van der Waals surface area (Å²) in [6.07, 6.45) is 1.51. The highest BCUT2D eigenvalue weighted by Gasteiger charge is 2.34. The van der Waals surface area contributed by atoms with Gasteiger partial charge in [-0.2, -0.15) is 0 Å². The Kier molecular flexibility index (Phi) is 2.90. The van der Waals surface area contributed by atoms with Crippen LogP contribution in [0.3, 0.4) is 0 Å². The number of tetrazole rings is 1. The van der Waals surface area contributed by atoms with Crippen molar-refractivity contribution in [3.05, 3.63) is 30.6 Å². The second-order valence-corrected chi connectivity index (χ2v) is 4.51. The number of nitrogens with zero attached hydrogens (tertiary/aromatic N) is 5. The van der Waals surface area contributed by atoms with Crippen LogP contribution in [0, 0.1) is 5.92 Å². The minimum Gasteiger partial charge on any atom is -0.481 e. The average Bonchev–Trinajstić information content (AvgIpc) is 3.08. The molecule has 1 aliphatic heterocycles. The quantitative estimate of drug-likeness (QED) is 0.851. The summed E-state index contributed by atoms with van der Waals surface area (Å²) in [5.74, 6) is -1.75. The molecule has 1 unspecified atom stereocenters. The lowest BCUT2D eigenvalue weighted by molar-refractivity contribution is -0.141. The zero-order valence-corrected chi connectivity index (χ0v) is 10.4. The molecule has 0 saturated carbocycles. The van der Waals surface area contributed by atoms with Crippen molar-refractivity contribution in [1.29, 1.82) is 0 Å². The molecule has 20 heavy (non-hydrogen) atoms. The minimum absolute atomic E-state index is 0.0457. The monoisotopic (exact) mass is 273 g/mol. The Labute approximate surface area is 113 Å². The van der Waals surface area contributed by atoms with Gasteiger partial charge in [0.2, 0.25) is 5.91 Å². The molecule has 102 valence electrons. The molecule has 8 nitrogen and oxygen atoms in total. The first-order valence-electron chi connectivity index (χ1n) is 6.02. The number of amides is 1. The summed E-state index contributed by atoms with van der Waals surface area (Å²) in [5.41, 5.74) is 1.44. The SMILES string of the molecule is O=C(O)C1CC(=O)N(c2ccc(-n3cnnn3)cc2)C1. The van der Waals surface area contributed by atoms with Crippen molar-refractivity contribution in [2.24, 2.45) is 5.92 Å². The van der Waals surface area contributed by atoms with Gasteiger partial charge in [0.25, 0.3) is 0 Å². The number of carboxylic acids is 1. The molecule has 8 heteroatoms. The normalized spacial score (nSPS) is 18.5. The molecule has 3 rings (SSSR count). The molecule has 0 bridgehead atoms. The zero-order chi connectivity index (χ0) is 14.1. The third-order valence-electron chi connectivity index (χ3n) is 3.25. The molecule has 0 aliphatic carbocycles. The van der Waals surface area contributed by atoms with Crippen molar-refractivity contribution in [2.75, 3.05) is 11.4 Å². The molecule has 0 spiro atoms. The first-order valence-corrected chi connectivity index (χ1v) is 6.02. The van der Waals surface area contributed by atoms with Crippen LogP contribution in [0.2, 0.25) is 0 Å². The van der Waals surface area contributed by atoms with Gasteiger partial charge in [-0.05, 0) is 34.7 Å². The summed E-state index contributed by atoms with van der Waals surface area (Å²) < 4.78 is 1.50. The number of aromatic nitrogens is 4. The van der Waals surface area contributed by atoms with Gasteiger partial charge in [-0.3, -0.25) is 9.59 Å². The number of rotatable bonds is 3. The van der Waals surface area contributed by atoms with E-state index in [4.69, 9.17) is 5.11 Å². The van der Waals surface area contributed by atoms with Gasteiger partial charge >= 0.3 is 5.97 Å².